The van der Waals surface area contributed by atoms with Gasteiger partial charge in [0.2, 0.25) is 0 Å². The summed E-state index contributed by atoms with van der Waals surface area (Å²) in [4.78, 5) is 41.0. The first-order valence-electron chi connectivity index (χ1n) is 14.3. The van der Waals surface area contributed by atoms with Crippen LogP contribution in [-0.4, -0.2) is 103 Å². The van der Waals surface area contributed by atoms with Gasteiger partial charge in [-0.1, -0.05) is 35.9 Å². The van der Waals surface area contributed by atoms with Gasteiger partial charge in [-0.2, -0.15) is 39.5 Å². The van der Waals surface area contributed by atoms with Gasteiger partial charge in [-0.3, -0.25) is 14.8 Å². The van der Waals surface area contributed by atoms with E-state index < -0.39 is 36.4 Å². The van der Waals surface area contributed by atoms with E-state index in [0.29, 0.717) is 0 Å². The Morgan fingerprint density at radius 3 is 1.66 bits per heavy atom. The highest BCUT2D eigenvalue weighted by molar-refractivity contribution is 5.73. The lowest BCUT2D eigenvalue weighted by molar-refractivity contribution is -0.193. The Morgan fingerprint density at radius 2 is 1.24 bits per heavy atom. The van der Waals surface area contributed by atoms with Gasteiger partial charge in [-0.05, 0) is 44.0 Å². The number of benzene rings is 1. The minimum absolute atomic E-state index is 0.0482. The molecule has 4 heterocycles. The monoisotopic (exact) mass is 729 g/mol. The van der Waals surface area contributed by atoms with Crippen molar-refractivity contribution in [3.05, 3.63) is 71.9 Å². The first-order chi connectivity index (χ1) is 23.0. The van der Waals surface area contributed by atoms with Crippen molar-refractivity contribution in [2.75, 3.05) is 26.7 Å². The standard InChI is InChI=1S/C24H29N5.3C2HF3O2/c1-19-5-7-21(8-6-19)22-17-26-23-24(27(2)14-15-29(22)23)9-12-28(13-10-24)18-20-4-3-11-25-16-20;3*3-2(4,5)1(6)7/h3-8,11,16-17H,9-10,12-15,18H2,1-2H3;3*(H,6,7). The predicted molar refractivity (Wildman–Crippen MR) is 157 cm³/mol. The summed E-state index contributed by atoms with van der Waals surface area (Å²) in [5.74, 6) is -7.02. The molecule has 0 aliphatic carbocycles. The summed E-state index contributed by atoms with van der Waals surface area (Å²) in [6.07, 6.45) is -7.10. The first kappa shape index (κ1) is 41.5. The average Bonchev–Trinajstić information content (AvgIpc) is 3.46. The van der Waals surface area contributed by atoms with Crippen LogP contribution in [0.25, 0.3) is 11.3 Å². The van der Waals surface area contributed by atoms with Crippen molar-refractivity contribution in [2.45, 2.75) is 56.9 Å². The lowest BCUT2D eigenvalue weighted by Crippen LogP contribution is -2.56. The molecule has 1 saturated heterocycles. The van der Waals surface area contributed by atoms with Crippen LogP contribution in [0.15, 0.2) is 55.0 Å². The maximum atomic E-state index is 10.6. The number of likely N-dealkylation sites (N-methyl/N-ethyl adjacent to an activating group) is 1. The van der Waals surface area contributed by atoms with Crippen LogP contribution in [0.3, 0.4) is 0 Å². The fourth-order valence-corrected chi connectivity index (χ4v) is 5.00. The molecule has 3 N–H and O–H groups in total. The number of carboxylic acid groups (broad SMARTS) is 3. The lowest BCUT2D eigenvalue weighted by Gasteiger charge is -2.49. The Labute approximate surface area is 278 Å². The number of halogens is 9. The maximum absolute atomic E-state index is 10.6. The van der Waals surface area contributed by atoms with Gasteiger partial charge < -0.3 is 19.9 Å². The number of carbonyl (C=O) groups is 3. The summed E-state index contributed by atoms with van der Waals surface area (Å²) in [5, 5.41) is 21.4. The predicted octanol–water partition coefficient (Wildman–Crippen LogP) is 5.59. The van der Waals surface area contributed by atoms with E-state index in [1.165, 1.54) is 28.2 Å². The number of hydrogen-bond acceptors (Lipinski definition) is 7. The van der Waals surface area contributed by atoms with Crippen molar-refractivity contribution in [3.63, 3.8) is 0 Å². The molecule has 0 bridgehead atoms. The highest BCUT2D eigenvalue weighted by Gasteiger charge is 2.45. The number of aryl methyl sites for hydroxylation is 1. The van der Waals surface area contributed by atoms with E-state index in [0.717, 1.165) is 45.6 Å². The Morgan fingerprint density at radius 1 is 0.760 bits per heavy atom. The summed E-state index contributed by atoms with van der Waals surface area (Å²) in [6.45, 7) is 7.38. The second kappa shape index (κ2) is 16.8. The number of alkyl halides is 9. The molecule has 0 radical (unpaired) electrons. The number of carboxylic acids is 3. The van der Waals surface area contributed by atoms with Gasteiger partial charge in [-0.25, -0.2) is 19.4 Å². The zero-order valence-electron chi connectivity index (χ0n) is 26.4. The van der Waals surface area contributed by atoms with E-state index in [4.69, 9.17) is 34.7 Å². The molecule has 2 aliphatic heterocycles. The van der Waals surface area contributed by atoms with Crippen LogP contribution < -0.4 is 0 Å². The topological polar surface area (TPSA) is 149 Å². The van der Waals surface area contributed by atoms with Crippen molar-refractivity contribution in [3.8, 4) is 11.3 Å². The van der Waals surface area contributed by atoms with Crippen LogP contribution in [0.1, 0.15) is 29.8 Å². The third-order valence-electron chi connectivity index (χ3n) is 7.55. The van der Waals surface area contributed by atoms with Crippen molar-refractivity contribution in [1.29, 1.82) is 0 Å². The van der Waals surface area contributed by atoms with Gasteiger partial charge >= 0.3 is 36.4 Å². The van der Waals surface area contributed by atoms with Crippen molar-refractivity contribution in [1.82, 2.24) is 24.3 Å². The number of rotatable bonds is 3. The van der Waals surface area contributed by atoms with Gasteiger partial charge in [0, 0.05) is 45.1 Å². The molecule has 276 valence electrons. The lowest BCUT2D eigenvalue weighted by atomic mass is 9.83. The van der Waals surface area contributed by atoms with E-state index in [-0.39, 0.29) is 5.54 Å². The molecule has 1 spiro atoms. The van der Waals surface area contributed by atoms with Crippen LogP contribution in [0.5, 0.6) is 0 Å². The van der Waals surface area contributed by atoms with Gasteiger partial charge in [-0.15, -0.1) is 0 Å². The van der Waals surface area contributed by atoms with Crippen LogP contribution in [0.2, 0.25) is 0 Å². The summed E-state index contributed by atoms with van der Waals surface area (Å²) >= 11 is 0. The Balaban J connectivity index is 0.000000338. The van der Waals surface area contributed by atoms with Crippen molar-refractivity contribution in [2.24, 2.45) is 0 Å². The summed E-state index contributed by atoms with van der Waals surface area (Å²) in [6, 6.07) is 13.0. The van der Waals surface area contributed by atoms with Crippen LogP contribution in [0, 0.1) is 6.92 Å². The molecule has 0 unspecified atom stereocenters. The van der Waals surface area contributed by atoms with Crippen LogP contribution in [0.4, 0.5) is 39.5 Å². The van der Waals surface area contributed by atoms with Crippen LogP contribution >= 0.6 is 0 Å². The molecule has 2 aliphatic rings. The molecule has 1 fully saturated rings. The van der Waals surface area contributed by atoms with Crippen LogP contribution in [-0.2, 0) is 33.0 Å². The number of fused-ring (bicyclic) bond motifs is 2. The molecule has 0 saturated carbocycles. The van der Waals surface area contributed by atoms with Gasteiger partial charge in [0.1, 0.15) is 5.82 Å². The minimum Gasteiger partial charge on any atom is -0.475 e. The molecule has 0 atom stereocenters. The number of aliphatic carboxylic acids is 3. The van der Waals surface area contributed by atoms with E-state index in [2.05, 4.69) is 69.9 Å². The fraction of sp³-hybridized carbons (Fsp3) is 0.433. The smallest absolute Gasteiger partial charge is 0.475 e. The molecule has 5 rings (SSSR count). The number of aromatic nitrogens is 3. The SMILES string of the molecule is Cc1ccc(-c2cnc3n2CCN(C)C32CCN(Cc3cccnc3)CC2)cc1.O=C(O)C(F)(F)F.O=C(O)C(F)(F)F.O=C(O)C(F)(F)F. The Kier molecular flexibility index (Phi) is 13.9. The Hall–Kier alpha value is -4.72. The minimum atomic E-state index is -5.08. The third-order valence-corrected chi connectivity index (χ3v) is 7.55. The molecule has 3 aromatic rings. The number of imidazole rings is 1. The largest absolute Gasteiger partial charge is 0.490 e. The van der Waals surface area contributed by atoms with Crippen molar-refractivity contribution < 1.29 is 69.2 Å². The maximum Gasteiger partial charge on any atom is 0.490 e. The Bertz CT molecular complexity index is 1510. The van der Waals surface area contributed by atoms with Gasteiger partial charge in [0.15, 0.2) is 0 Å². The summed E-state index contributed by atoms with van der Waals surface area (Å²) in [7, 11) is 2.28. The quantitative estimate of drug-likeness (QED) is 0.292. The highest BCUT2D eigenvalue weighted by Crippen LogP contribution is 2.41. The molecule has 50 heavy (non-hydrogen) atoms. The number of pyridine rings is 1. The highest BCUT2D eigenvalue weighted by atomic mass is 19.4. The second-order valence-electron chi connectivity index (χ2n) is 11.0. The average molecular weight is 730 g/mol. The van der Waals surface area contributed by atoms with Gasteiger partial charge in [0.25, 0.3) is 0 Å². The van der Waals surface area contributed by atoms with E-state index in [9.17, 15) is 39.5 Å². The molecule has 0 amide bonds. The molecular formula is C30H32F9N5O6. The summed E-state index contributed by atoms with van der Waals surface area (Å²) in [5.41, 5.74) is 5.16. The number of piperidine rings is 1. The van der Waals surface area contributed by atoms with Crippen molar-refractivity contribution >= 4 is 17.9 Å². The van der Waals surface area contributed by atoms with E-state index in [1.807, 2.05) is 18.5 Å². The van der Waals surface area contributed by atoms with E-state index >= 15 is 0 Å². The molecule has 11 nitrogen and oxygen atoms in total. The van der Waals surface area contributed by atoms with E-state index in [1.54, 1.807) is 0 Å². The zero-order valence-corrected chi connectivity index (χ0v) is 26.4. The molecule has 20 heteroatoms. The molecule has 2 aromatic heterocycles. The zero-order chi connectivity index (χ0) is 38.1. The number of hydrogen-bond donors (Lipinski definition) is 3. The second-order valence-corrected chi connectivity index (χ2v) is 11.0. The number of likely N-dealkylation sites (tertiary alicyclic amines) is 1. The molecule has 1 aromatic carbocycles. The number of nitrogens with zero attached hydrogens (tertiary/aromatic N) is 5. The first-order valence-corrected chi connectivity index (χ1v) is 14.3. The summed E-state index contributed by atoms with van der Waals surface area (Å²) < 4.78 is 97.7. The normalized spacial score (nSPS) is 16.0. The van der Waals surface area contributed by atoms with Gasteiger partial charge in [0.05, 0.1) is 17.4 Å². The fourth-order valence-electron chi connectivity index (χ4n) is 5.00. The molecular weight excluding hydrogens is 697 g/mol. The third kappa shape index (κ3) is 11.7.